The van der Waals surface area contributed by atoms with Gasteiger partial charge in [-0.1, -0.05) is 17.7 Å². The highest BCUT2D eigenvalue weighted by Gasteiger charge is 2.32. The van der Waals surface area contributed by atoms with Crippen LogP contribution in [0.2, 0.25) is 5.02 Å². The van der Waals surface area contributed by atoms with Gasteiger partial charge in [-0.2, -0.15) is 0 Å². The summed E-state index contributed by atoms with van der Waals surface area (Å²) < 4.78 is 11.2. The van der Waals surface area contributed by atoms with E-state index in [9.17, 15) is 4.79 Å². The van der Waals surface area contributed by atoms with Gasteiger partial charge in [0.15, 0.2) is 0 Å². The Hall–Kier alpha value is -1.96. The summed E-state index contributed by atoms with van der Waals surface area (Å²) in [7, 11) is 0. The zero-order chi connectivity index (χ0) is 19.5. The Morgan fingerprint density at radius 1 is 1.18 bits per heavy atom. The third-order valence-electron chi connectivity index (χ3n) is 5.62. The fourth-order valence-corrected chi connectivity index (χ4v) is 4.06. The van der Waals surface area contributed by atoms with Crippen molar-refractivity contribution < 1.29 is 13.9 Å². The van der Waals surface area contributed by atoms with E-state index in [1.165, 1.54) is 0 Å². The molecule has 4 rings (SSSR count). The van der Waals surface area contributed by atoms with E-state index in [1.807, 2.05) is 29.2 Å². The number of hydrogen-bond acceptors (Lipinski definition) is 6. The Labute approximate surface area is 169 Å². The van der Waals surface area contributed by atoms with Crippen molar-refractivity contribution in [2.24, 2.45) is 5.92 Å². The first-order valence-corrected chi connectivity index (χ1v) is 10.2. The molecule has 150 valence electrons. The molecule has 3 heterocycles. The van der Waals surface area contributed by atoms with Crippen LogP contribution in [0.25, 0.3) is 11.5 Å². The number of nitrogens with zero attached hydrogens (tertiary/aromatic N) is 4. The normalized spacial score (nSPS) is 20.3. The van der Waals surface area contributed by atoms with E-state index in [-0.39, 0.29) is 17.9 Å². The molecule has 28 heavy (non-hydrogen) atoms. The van der Waals surface area contributed by atoms with Crippen molar-refractivity contribution in [1.82, 2.24) is 20.0 Å². The molecule has 0 aliphatic carbocycles. The van der Waals surface area contributed by atoms with Crippen LogP contribution in [0.5, 0.6) is 0 Å². The standard InChI is InChI=1S/C20H25ClN4O3/c1-14(18-22-23-19(28-18)16-3-2-4-17(21)13-16)24-7-5-15(6-8-24)20(26)25-9-11-27-12-10-25/h2-4,13-15H,5-12H2,1H3. The maximum atomic E-state index is 12.7. The van der Waals surface area contributed by atoms with Gasteiger partial charge in [-0.15, -0.1) is 10.2 Å². The van der Waals surface area contributed by atoms with Gasteiger partial charge in [0.05, 0.1) is 19.3 Å². The molecule has 1 amide bonds. The quantitative estimate of drug-likeness (QED) is 0.780. The lowest BCUT2D eigenvalue weighted by atomic mass is 9.94. The van der Waals surface area contributed by atoms with Crippen LogP contribution in [0.15, 0.2) is 28.7 Å². The summed E-state index contributed by atoms with van der Waals surface area (Å²) in [5.74, 6) is 1.44. The zero-order valence-electron chi connectivity index (χ0n) is 16.0. The number of benzene rings is 1. The summed E-state index contributed by atoms with van der Waals surface area (Å²) in [6.07, 6.45) is 1.71. The summed E-state index contributed by atoms with van der Waals surface area (Å²) in [4.78, 5) is 16.9. The van der Waals surface area contributed by atoms with Crippen LogP contribution >= 0.6 is 11.6 Å². The number of carbonyl (C=O) groups is 1. The molecule has 0 spiro atoms. The van der Waals surface area contributed by atoms with Gasteiger partial charge in [-0.25, -0.2) is 0 Å². The van der Waals surface area contributed by atoms with Gasteiger partial charge in [-0.3, -0.25) is 9.69 Å². The van der Waals surface area contributed by atoms with E-state index < -0.39 is 0 Å². The second kappa shape index (κ2) is 8.59. The Kier molecular flexibility index (Phi) is 5.94. The molecule has 0 bridgehead atoms. The maximum absolute atomic E-state index is 12.7. The number of hydrogen-bond donors (Lipinski definition) is 0. The fraction of sp³-hybridized carbons (Fsp3) is 0.550. The lowest BCUT2D eigenvalue weighted by Gasteiger charge is -2.37. The van der Waals surface area contributed by atoms with Gasteiger partial charge < -0.3 is 14.1 Å². The summed E-state index contributed by atoms with van der Waals surface area (Å²) in [5.41, 5.74) is 0.813. The van der Waals surface area contributed by atoms with E-state index >= 15 is 0 Å². The first kappa shape index (κ1) is 19.4. The second-order valence-corrected chi connectivity index (χ2v) is 7.82. The van der Waals surface area contributed by atoms with E-state index in [0.717, 1.165) is 31.5 Å². The Bertz CT molecular complexity index is 813. The van der Waals surface area contributed by atoms with Crippen molar-refractivity contribution in [3.8, 4) is 11.5 Å². The predicted molar refractivity (Wildman–Crippen MR) is 105 cm³/mol. The van der Waals surface area contributed by atoms with Crippen molar-refractivity contribution in [2.75, 3.05) is 39.4 Å². The molecule has 8 heteroatoms. The predicted octanol–water partition coefficient (Wildman–Crippen LogP) is 3.02. The van der Waals surface area contributed by atoms with Gasteiger partial charge in [0.25, 0.3) is 0 Å². The molecule has 1 aromatic carbocycles. The number of halogens is 1. The van der Waals surface area contributed by atoms with Gasteiger partial charge in [0, 0.05) is 29.6 Å². The van der Waals surface area contributed by atoms with Gasteiger partial charge >= 0.3 is 0 Å². The van der Waals surface area contributed by atoms with Crippen LogP contribution in [0.3, 0.4) is 0 Å². The number of carbonyl (C=O) groups excluding carboxylic acids is 1. The third-order valence-corrected chi connectivity index (χ3v) is 5.85. The third kappa shape index (κ3) is 4.21. The molecule has 1 atom stereocenters. The minimum atomic E-state index is 0.0138. The lowest BCUT2D eigenvalue weighted by molar-refractivity contribution is -0.141. The molecule has 2 aromatic rings. The number of likely N-dealkylation sites (tertiary alicyclic amines) is 1. The topological polar surface area (TPSA) is 71.7 Å². The molecule has 0 N–H and O–H groups in total. The van der Waals surface area contributed by atoms with Crippen molar-refractivity contribution in [3.05, 3.63) is 35.2 Å². The minimum absolute atomic E-state index is 0.0138. The Balaban J connectivity index is 1.35. The van der Waals surface area contributed by atoms with Crippen molar-refractivity contribution in [3.63, 3.8) is 0 Å². The molecular weight excluding hydrogens is 380 g/mol. The highest BCUT2D eigenvalue weighted by molar-refractivity contribution is 6.30. The lowest BCUT2D eigenvalue weighted by Crippen LogP contribution is -2.47. The van der Waals surface area contributed by atoms with Crippen LogP contribution in [0, 0.1) is 5.92 Å². The van der Waals surface area contributed by atoms with Crippen LogP contribution in [0.1, 0.15) is 31.7 Å². The fourth-order valence-electron chi connectivity index (χ4n) is 3.87. The van der Waals surface area contributed by atoms with Crippen LogP contribution in [-0.2, 0) is 9.53 Å². The number of rotatable bonds is 4. The SMILES string of the molecule is CC(c1nnc(-c2cccc(Cl)c2)o1)N1CCC(C(=O)N2CCOCC2)CC1. The average Bonchev–Trinajstić information content (AvgIpc) is 3.24. The Morgan fingerprint density at radius 3 is 2.64 bits per heavy atom. The molecule has 0 saturated carbocycles. The number of amides is 1. The van der Waals surface area contributed by atoms with E-state index in [1.54, 1.807) is 0 Å². The monoisotopic (exact) mass is 404 g/mol. The number of aromatic nitrogens is 2. The summed E-state index contributed by atoms with van der Waals surface area (Å²) >= 11 is 6.05. The molecule has 2 saturated heterocycles. The van der Waals surface area contributed by atoms with E-state index in [0.29, 0.717) is 43.1 Å². The molecule has 1 aromatic heterocycles. The van der Waals surface area contributed by atoms with Crippen molar-refractivity contribution in [1.29, 1.82) is 0 Å². The summed E-state index contributed by atoms with van der Waals surface area (Å²) in [6, 6.07) is 7.40. The van der Waals surface area contributed by atoms with Crippen molar-refractivity contribution >= 4 is 17.5 Å². The molecular formula is C20H25ClN4O3. The molecule has 7 nitrogen and oxygen atoms in total. The number of ether oxygens (including phenoxy) is 1. The smallest absolute Gasteiger partial charge is 0.247 e. The first-order chi connectivity index (χ1) is 13.6. The molecule has 0 radical (unpaired) electrons. The van der Waals surface area contributed by atoms with Crippen molar-refractivity contribution in [2.45, 2.75) is 25.8 Å². The molecule has 2 aliphatic rings. The minimum Gasteiger partial charge on any atom is -0.419 e. The summed E-state index contributed by atoms with van der Waals surface area (Å²) in [6.45, 7) is 6.47. The number of piperidine rings is 1. The van der Waals surface area contributed by atoms with E-state index in [2.05, 4.69) is 22.0 Å². The van der Waals surface area contributed by atoms with Gasteiger partial charge in [-0.05, 0) is 51.1 Å². The maximum Gasteiger partial charge on any atom is 0.247 e. The first-order valence-electron chi connectivity index (χ1n) is 9.82. The average molecular weight is 405 g/mol. The zero-order valence-corrected chi connectivity index (χ0v) is 16.8. The highest BCUT2D eigenvalue weighted by Crippen LogP contribution is 2.29. The largest absolute Gasteiger partial charge is 0.419 e. The molecule has 2 aliphatic heterocycles. The van der Waals surface area contributed by atoms with Gasteiger partial charge in [0.2, 0.25) is 17.7 Å². The molecule has 1 unspecified atom stereocenters. The Morgan fingerprint density at radius 2 is 1.93 bits per heavy atom. The van der Waals surface area contributed by atoms with Crippen LogP contribution < -0.4 is 0 Å². The summed E-state index contributed by atoms with van der Waals surface area (Å²) in [5, 5.41) is 9.04. The van der Waals surface area contributed by atoms with Crippen LogP contribution in [0.4, 0.5) is 0 Å². The van der Waals surface area contributed by atoms with E-state index in [4.69, 9.17) is 20.8 Å². The van der Waals surface area contributed by atoms with Gasteiger partial charge in [0.1, 0.15) is 0 Å². The second-order valence-electron chi connectivity index (χ2n) is 7.38. The molecule has 2 fully saturated rings. The van der Waals surface area contributed by atoms with Crippen LogP contribution in [-0.4, -0.2) is 65.3 Å². The highest BCUT2D eigenvalue weighted by atomic mass is 35.5. The number of morpholine rings is 1.